The van der Waals surface area contributed by atoms with E-state index in [4.69, 9.17) is 0 Å². The molecule has 5 nitrogen and oxygen atoms in total. The number of para-hydroxylation sites is 1. The van der Waals surface area contributed by atoms with E-state index in [1.807, 2.05) is 24.3 Å². The van der Waals surface area contributed by atoms with Crippen molar-refractivity contribution in [3.63, 3.8) is 0 Å². The number of nitrogens with zero attached hydrogens (tertiary/aromatic N) is 1. The van der Waals surface area contributed by atoms with E-state index in [0.717, 1.165) is 9.80 Å². The van der Waals surface area contributed by atoms with Gasteiger partial charge >= 0.3 is 0 Å². The van der Waals surface area contributed by atoms with Gasteiger partial charge < -0.3 is 5.32 Å². The van der Waals surface area contributed by atoms with Gasteiger partial charge in [0.05, 0.1) is 16.8 Å². The Hall–Kier alpha value is -2.60. The maximum absolute atomic E-state index is 12.6. The van der Waals surface area contributed by atoms with E-state index in [-0.39, 0.29) is 5.91 Å². The first kappa shape index (κ1) is 14.0. The fourth-order valence-corrected chi connectivity index (χ4v) is 3.93. The molecule has 2 aromatic rings. The number of nitrogens with one attached hydrogen (secondary N) is 1. The van der Waals surface area contributed by atoms with Crippen LogP contribution in [0.25, 0.3) is 0 Å². The Labute approximate surface area is 136 Å². The second kappa shape index (κ2) is 5.24. The molecule has 0 aromatic heterocycles. The van der Waals surface area contributed by atoms with Crippen LogP contribution in [-0.2, 0) is 4.79 Å². The minimum Gasteiger partial charge on any atom is -0.323 e. The van der Waals surface area contributed by atoms with E-state index in [1.54, 1.807) is 24.3 Å². The highest BCUT2D eigenvalue weighted by Crippen LogP contribution is 2.34. The third-order valence-electron chi connectivity index (χ3n) is 3.98. The van der Waals surface area contributed by atoms with Gasteiger partial charge in [0.15, 0.2) is 0 Å². The molecule has 0 bridgehead atoms. The molecule has 3 amide bonds. The van der Waals surface area contributed by atoms with Crippen LogP contribution in [0.5, 0.6) is 0 Å². The Kier molecular flexibility index (Phi) is 3.20. The lowest BCUT2D eigenvalue weighted by Gasteiger charge is -2.22. The molecule has 0 fully saturated rings. The lowest BCUT2D eigenvalue weighted by atomic mass is 10.1. The summed E-state index contributed by atoms with van der Waals surface area (Å²) in [6, 6.07) is 13.3. The number of rotatable bonds is 1. The Balaban J connectivity index is 1.69. The molecule has 4 rings (SSSR count). The summed E-state index contributed by atoms with van der Waals surface area (Å²) >= 11 is 1.46. The summed E-state index contributed by atoms with van der Waals surface area (Å²) in [7, 11) is 0. The molecule has 0 spiro atoms. The highest BCUT2D eigenvalue weighted by molar-refractivity contribution is 7.99. The summed E-state index contributed by atoms with van der Waals surface area (Å²) in [5, 5.41) is 2.81. The zero-order chi connectivity index (χ0) is 16.0. The van der Waals surface area contributed by atoms with E-state index in [0.29, 0.717) is 22.6 Å². The Morgan fingerprint density at radius 3 is 2.22 bits per heavy atom. The minimum absolute atomic E-state index is 0.336. The normalized spacial score (nSPS) is 19.9. The first-order chi connectivity index (χ1) is 11.2. The van der Waals surface area contributed by atoms with Crippen LogP contribution in [0.3, 0.4) is 0 Å². The van der Waals surface area contributed by atoms with E-state index >= 15 is 0 Å². The predicted octanol–water partition coefficient (Wildman–Crippen LogP) is 2.40. The maximum atomic E-state index is 12.6. The minimum atomic E-state index is -0.820. The summed E-state index contributed by atoms with van der Waals surface area (Å²) in [5.74, 6) is -0.805. The van der Waals surface area contributed by atoms with Crippen molar-refractivity contribution in [3.8, 4) is 0 Å². The van der Waals surface area contributed by atoms with Crippen LogP contribution in [0, 0.1) is 0 Å². The fourth-order valence-electron chi connectivity index (χ4n) is 2.84. The predicted molar refractivity (Wildman–Crippen MR) is 86.5 cm³/mol. The third kappa shape index (κ3) is 2.14. The quantitative estimate of drug-likeness (QED) is 0.818. The number of anilines is 1. The monoisotopic (exact) mass is 324 g/mol. The van der Waals surface area contributed by atoms with Crippen molar-refractivity contribution in [2.75, 3.05) is 11.1 Å². The van der Waals surface area contributed by atoms with Crippen LogP contribution < -0.4 is 5.32 Å². The van der Waals surface area contributed by atoms with E-state index in [1.165, 1.54) is 11.8 Å². The van der Waals surface area contributed by atoms with Gasteiger partial charge in [-0.05, 0) is 24.3 Å². The molecule has 6 heteroatoms. The molecule has 0 aliphatic carbocycles. The van der Waals surface area contributed by atoms with Crippen LogP contribution in [-0.4, -0.2) is 34.4 Å². The average molecular weight is 324 g/mol. The highest BCUT2D eigenvalue weighted by Gasteiger charge is 2.43. The second-order valence-corrected chi connectivity index (χ2v) is 6.40. The van der Waals surface area contributed by atoms with E-state index in [2.05, 4.69) is 5.32 Å². The van der Waals surface area contributed by atoms with Crippen molar-refractivity contribution in [3.05, 3.63) is 59.7 Å². The molecule has 2 aromatic carbocycles. The highest BCUT2D eigenvalue weighted by atomic mass is 32.2. The molecule has 114 valence electrons. The molecule has 23 heavy (non-hydrogen) atoms. The molecule has 2 aliphatic heterocycles. The van der Waals surface area contributed by atoms with Gasteiger partial charge in [0.1, 0.15) is 6.04 Å². The summed E-state index contributed by atoms with van der Waals surface area (Å²) in [5.41, 5.74) is 1.43. The van der Waals surface area contributed by atoms with Gasteiger partial charge in [-0.1, -0.05) is 24.3 Å². The first-order valence-corrected chi connectivity index (χ1v) is 8.15. The standard InChI is InChI=1S/C17H12N2O3S/c20-15-13(9-23-14-8-4-3-7-12(14)18-15)19-16(21)10-5-1-2-6-11(10)17(19)22/h1-8,13H,9H2,(H,18,20)/t13-/m0/s1. The van der Waals surface area contributed by atoms with Crippen LogP contribution in [0.4, 0.5) is 5.69 Å². The van der Waals surface area contributed by atoms with Crippen molar-refractivity contribution in [1.29, 1.82) is 0 Å². The molecule has 0 saturated carbocycles. The number of imide groups is 1. The smallest absolute Gasteiger partial charge is 0.262 e. The molecule has 1 atom stereocenters. The Morgan fingerprint density at radius 2 is 1.52 bits per heavy atom. The summed E-state index contributed by atoms with van der Waals surface area (Å²) in [4.78, 5) is 39.7. The van der Waals surface area contributed by atoms with Gasteiger partial charge in [0, 0.05) is 10.6 Å². The molecular formula is C17H12N2O3S. The van der Waals surface area contributed by atoms with E-state index in [9.17, 15) is 14.4 Å². The number of benzene rings is 2. The van der Waals surface area contributed by atoms with Crippen molar-refractivity contribution in [2.45, 2.75) is 10.9 Å². The average Bonchev–Trinajstić information content (AvgIpc) is 2.71. The number of thioether (sulfide) groups is 1. The van der Waals surface area contributed by atoms with Crippen molar-refractivity contribution < 1.29 is 14.4 Å². The molecule has 0 unspecified atom stereocenters. The number of fused-ring (bicyclic) bond motifs is 2. The number of carbonyl (C=O) groups excluding carboxylic acids is 3. The molecule has 2 aliphatic rings. The van der Waals surface area contributed by atoms with Gasteiger partial charge in [-0.25, -0.2) is 0 Å². The Morgan fingerprint density at radius 1 is 0.913 bits per heavy atom. The first-order valence-electron chi connectivity index (χ1n) is 7.16. The van der Waals surface area contributed by atoms with E-state index < -0.39 is 17.9 Å². The second-order valence-electron chi connectivity index (χ2n) is 5.34. The van der Waals surface area contributed by atoms with Crippen LogP contribution >= 0.6 is 11.8 Å². The van der Waals surface area contributed by atoms with Crippen LogP contribution in [0.1, 0.15) is 20.7 Å². The molecule has 0 saturated heterocycles. The zero-order valence-corrected chi connectivity index (χ0v) is 12.8. The number of amides is 3. The zero-order valence-electron chi connectivity index (χ0n) is 12.0. The van der Waals surface area contributed by atoms with Gasteiger partial charge in [0.25, 0.3) is 11.8 Å². The number of hydrogen-bond acceptors (Lipinski definition) is 4. The van der Waals surface area contributed by atoms with Crippen LogP contribution in [0.15, 0.2) is 53.4 Å². The summed E-state index contributed by atoms with van der Waals surface area (Å²) < 4.78 is 0. The van der Waals surface area contributed by atoms with Gasteiger partial charge in [-0.3, -0.25) is 19.3 Å². The third-order valence-corrected chi connectivity index (χ3v) is 5.13. The molecular weight excluding hydrogens is 312 g/mol. The van der Waals surface area contributed by atoms with Crippen LogP contribution in [0.2, 0.25) is 0 Å². The maximum Gasteiger partial charge on any atom is 0.262 e. The van der Waals surface area contributed by atoms with Gasteiger partial charge in [-0.2, -0.15) is 0 Å². The lowest BCUT2D eigenvalue weighted by molar-refractivity contribution is -0.119. The number of hydrogen-bond donors (Lipinski definition) is 1. The molecule has 2 heterocycles. The Bertz CT molecular complexity index is 814. The van der Waals surface area contributed by atoms with Crippen molar-refractivity contribution >= 4 is 35.2 Å². The summed E-state index contributed by atoms with van der Waals surface area (Å²) in [6.07, 6.45) is 0. The molecule has 1 N–H and O–H groups in total. The topological polar surface area (TPSA) is 66.5 Å². The summed E-state index contributed by atoms with van der Waals surface area (Å²) in [6.45, 7) is 0. The lowest BCUT2D eigenvalue weighted by Crippen LogP contribution is -2.48. The number of carbonyl (C=O) groups is 3. The molecule has 0 radical (unpaired) electrons. The van der Waals surface area contributed by atoms with Gasteiger partial charge in [-0.15, -0.1) is 11.8 Å². The van der Waals surface area contributed by atoms with Crippen molar-refractivity contribution in [2.24, 2.45) is 0 Å². The fraction of sp³-hybridized carbons (Fsp3) is 0.118. The van der Waals surface area contributed by atoms with Crippen molar-refractivity contribution in [1.82, 2.24) is 4.90 Å². The van der Waals surface area contributed by atoms with Gasteiger partial charge in [0.2, 0.25) is 5.91 Å². The SMILES string of the molecule is O=C1Nc2ccccc2SC[C@@H]1N1C(=O)c2ccccc2C1=O. The largest absolute Gasteiger partial charge is 0.323 e.